The van der Waals surface area contributed by atoms with Gasteiger partial charge in [0.05, 0.1) is 22.8 Å². The Bertz CT molecular complexity index is 2180. The first-order valence-corrected chi connectivity index (χ1v) is 19.2. The van der Waals surface area contributed by atoms with Crippen LogP contribution in [0.1, 0.15) is 74.0 Å². The van der Waals surface area contributed by atoms with Crippen LogP contribution in [-0.2, 0) is 17.6 Å². The molecule has 0 saturated carbocycles. The van der Waals surface area contributed by atoms with Gasteiger partial charge in [-0.3, -0.25) is 19.5 Å². The molecule has 288 valence electrons. The Hall–Kier alpha value is -5.10. The summed E-state index contributed by atoms with van der Waals surface area (Å²) in [6.07, 6.45) is 8.68. The highest BCUT2D eigenvalue weighted by Crippen LogP contribution is 2.33. The van der Waals surface area contributed by atoms with E-state index in [1.807, 2.05) is 6.07 Å². The number of H-pyrrole nitrogens is 1. The molecule has 0 aliphatic heterocycles. The van der Waals surface area contributed by atoms with Crippen molar-refractivity contribution in [2.75, 3.05) is 24.4 Å². The van der Waals surface area contributed by atoms with E-state index >= 15 is 0 Å². The Morgan fingerprint density at radius 1 is 0.800 bits per heavy atom. The molecule has 14 heteroatoms. The molecule has 0 atom stereocenters. The molecule has 0 spiro atoms. The molecular weight excluding hydrogens is 763 g/mol. The number of methoxy groups -OCH3 is 1. The van der Waals surface area contributed by atoms with E-state index in [0.717, 1.165) is 48.8 Å². The summed E-state index contributed by atoms with van der Waals surface area (Å²) >= 11 is 19.0. The fourth-order valence-corrected chi connectivity index (χ4v) is 6.81. The molecular formula is C41H43Cl3N6O5. The van der Waals surface area contributed by atoms with E-state index < -0.39 is 11.5 Å². The Morgan fingerprint density at radius 3 is 2.15 bits per heavy atom. The van der Waals surface area contributed by atoms with Crippen LogP contribution in [0.25, 0.3) is 5.69 Å². The highest BCUT2D eigenvalue weighted by atomic mass is 35.5. The number of halogens is 3. The van der Waals surface area contributed by atoms with E-state index in [1.165, 1.54) is 37.6 Å². The molecule has 3 N–H and O–H groups in total. The average Bonchev–Trinajstić information content (AvgIpc) is 3.48. The second-order valence-corrected chi connectivity index (χ2v) is 14.1. The van der Waals surface area contributed by atoms with Gasteiger partial charge in [0.1, 0.15) is 17.2 Å². The summed E-state index contributed by atoms with van der Waals surface area (Å²) in [6.45, 7) is 4.17. The Labute approximate surface area is 335 Å². The number of nitrogens with one attached hydrogen (secondary N) is 3. The van der Waals surface area contributed by atoms with Gasteiger partial charge in [0, 0.05) is 16.4 Å². The van der Waals surface area contributed by atoms with Gasteiger partial charge >= 0.3 is 0 Å². The molecule has 0 radical (unpaired) electrons. The summed E-state index contributed by atoms with van der Waals surface area (Å²) in [5.41, 5.74) is 2.34. The van der Waals surface area contributed by atoms with Crippen molar-refractivity contribution < 1.29 is 19.1 Å². The third-order valence-electron chi connectivity index (χ3n) is 8.64. The third-order valence-corrected chi connectivity index (χ3v) is 9.44. The number of aromatic nitrogens is 2. The van der Waals surface area contributed by atoms with Crippen LogP contribution in [0.4, 0.5) is 22.7 Å². The van der Waals surface area contributed by atoms with Gasteiger partial charge in [-0.25, -0.2) is 4.68 Å². The van der Waals surface area contributed by atoms with Crippen LogP contribution in [0, 0.1) is 0 Å². The van der Waals surface area contributed by atoms with Crippen molar-refractivity contribution in [2.45, 2.75) is 65.2 Å². The highest BCUT2D eigenvalue weighted by molar-refractivity contribution is 6.40. The lowest BCUT2D eigenvalue weighted by atomic mass is 10.0. The van der Waals surface area contributed by atoms with Crippen LogP contribution < -0.4 is 25.7 Å². The van der Waals surface area contributed by atoms with Gasteiger partial charge < -0.3 is 20.1 Å². The number of azo groups is 1. The second-order valence-electron chi connectivity index (χ2n) is 12.8. The quantitative estimate of drug-likeness (QED) is 0.0598. The zero-order valence-electron chi connectivity index (χ0n) is 30.9. The van der Waals surface area contributed by atoms with Gasteiger partial charge in [0.25, 0.3) is 17.4 Å². The van der Waals surface area contributed by atoms with E-state index in [1.54, 1.807) is 48.5 Å². The van der Waals surface area contributed by atoms with Gasteiger partial charge in [0.2, 0.25) is 0 Å². The topological polar surface area (TPSA) is 139 Å². The number of anilines is 2. The summed E-state index contributed by atoms with van der Waals surface area (Å²) in [6, 6.07) is 22.3. The van der Waals surface area contributed by atoms with Crippen LogP contribution in [0.5, 0.6) is 11.5 Å². The van der Waals surface area contributed by atoms with Crippen LogP contribution in [0.3, 0.4) is 0 Å². The zero-order chi connectivity index (χ0) is 39.3. The monoisotopic (exact) mass is 804 g/mol. The summed E-state index contributed by atoms with van der Waals surface area (Å²) in [4.78, 5) is 40.5. The standard InChI is InChI=1S/C41H43Cl3N6O5/c1-4-6-8-11-26-15-20-35(27(21-26)12-9-7-5-2)55-25-36(51)45-30-13-10-14-31(24-30)46-40(52)37-38(48-47-29-16-18-32(54-3)19-17-29)41(53)50(49-37)39-33(43)22-28(42)23-34(39)44/h10,13-24,49H,4-9,11-12,25H2,1-3H3,(H,45,51)(H,46,52). The number of rotatable bonds is 18. The molecule has 4 aromatic carbocycles. The number of benzene rings is 4. The van der Waals surface area contributed by atoms with Crippen LogP contribution in [0.2, 0.25) is 15.1 Å². The minimum absolute atomic E-state index is 0.0611. The van der Waals surface area contributed by atoms with Crippen molar-refractivity contribution in [3.05, 3.63) is 121 Å². The first kappa shape index (κ1) is 41.1. The maximum absolute atomic E-state index is 13.8. The molecule has 0 bridgehead atoms. The molecule has 55 heavy (non-hydrogen) atoms. The second kappa shape index (κ2) is 20.0. The first-order valence-electron chi connectivity index (χ1n) is 18.1. The Balaban J connectivity index is 1.33. The number of aromatic amines is 1. The number of carbonyl (C=O) groups is 2. The van der Waals surface area contributed by atoms with E-state index in [2.05, 4.69) is 51.9 Å². The fraction of sp³-hybridized carbons (Fsp3) is 0.293. The van der Waals surface area contributed by atoms with Crippen LogP contribution >= 0.6 is 34.8 Å². The molecule has 0 fully saturated rings. The maximum Gasteiger partial charge on any atom is 0.299 e. The van der Waals surface area contributed by atoms with Crippen LogP contribution in [-0.4, -0.2) is 35.3 Å². The summed E-state index contributed by atoms with van der Waals surface area (Å²) in [5, 5.41) is 17.1. The number of unbranched alkanes of at least 4 members (excludes halogenated alkanes) is 4. The number of hydrogen-bond donors (Lipinski definition) is 3. The van der Waals surface area contributed by atoms with Crippen molar-refractivity contribution in [3.8, 4) is 17.2 Å². The van der Waals surface area contributed by atoms with Gasteiger partial charge in [0.15, 0.2) is 18.0 Å². The molecule has 0 unspecified atom stereocenters. The van der Waals surface area contributed by atoms with E-state index in [0.29, 0.717) is 28.6 Å². The molecule has 2 amide bonds. The summed E-state index contributed by atoms with van der Waals surface area (Å²) in [5.74, 6) is 0.222. The lowest BCUT2D eigenvalue weighted by Gasteiger charge is -2.14. The number of aryl methyl sites for hydroxylation is 2. The molecule has 5 rings (SSSR count). The molecule has 5 aromatic rings. The number of nitrogens with zero attached hydrogens (tertiary/aromatic N) is 3. The molecule has 1 heterocycles. The number of ether oxygens (including phenoxy) is 2. The molecule has 0 saturated heterocycles. The number of hydrogen-bond acceptors (Lipinski definition) is 7. The minimum Gasteiger partial charge on any atom is -0.497 e. The van der Waals surface area contributed by atoms with E-state index in [4.69, 9.17) is 44.3 Å². The van der Waals surface area contributed by atoms with Crippen molar-refractivity contribution in [1.29, 1.82) is 0 Å². The normalized spacial score (nSPS) is 11.2. The predicted molar refractivity (Wildman–Crippen MR) is 220 cm³/mol. The smallest absolute Gasteiger partial charge is 0.299 e. The predicted octanol–water partition coefficient (Wildman–Crippen LogP) is 11.3. The van der Waals surface area contributed by atoms with Crippen molar-refractivity contribution >= 4 is 69.4 Å². The largest absolute Gasteiger partial charge is 0.497 e. The maximum atomic E-state index is 13.8. The summed E-state index contributed by atoms with van der Waals surface area (Å²) in [7, 11) is 1.54. The molecule has 0 aliphatic rings. The van der Waals surface area contributed by atoms with E-state index in [9.17, 15) is 14.4 Å². The van der Waals surface area contributed by atoms with Gasteiger partial charge in [-0.05, 0) is 97.5 Å². The summed E-state index contributed by atoms with van der Waals surface area (Å²) < 4.78 is 12.2. The first-order chi connectivity index (χ1) is 26.6. The Kier molecular flexibility index (Phi) is 14.9. The third kappa shape index (κ3) is 11.2. The van der Waals surface area contributed by atoms with Gasteiger partial charge in [-0.15, -0.1) is 5.11 Å². The van der Waals surface area contributed by atoms with Crippen molar-refractivity contribution in [3.63, 3.8) is 0 Å². The number of amides is 2. The molecule has 1 aromatic heterocycles. The van der Waals surface area contributed by atoms with Crippen LogP contribution in [0.15, 0.2) is 93.9 Å². The number of carbonyl (C=O) groups excluding carboxylic acids is 2. The SMILES string of the molecule is CCCCCc1ccc(OCC(=O)Nc2cccc(NC(=O)c3[nH]n(-c4c(Cl)cc(Cl)cc4Cl)c(=O)c3N=Nc3ccc(OC)cc3)c2)c(CCCCC)c1. The van der Waals surface area contributed by atoms with Gasteiger partial charge in [-0.1, -0.05) is 92.5 Å². The Morgan fingerprint density at radius 2 is 1.47 bits per heavy atom. The van der Waals surface area contributed by atoms with E-state index in [-0.39, 0.29) is 44.7 Å². The lowest BCUT2D eigenvalue weighted by Crippen LogP contribution is -2.21. The van der Waals surface area contributed by atoms with Crippen molar-refractivity contribution in [1.82, 2.24) is 9.78 Å². The average molecular weight is 806 g/mol. The molecule has 0 aliphatic carbocycles. The fourth-order valence-electron chi connectivity index (χ4n) is 5.82. The minimum atomic E-state index is -0.741. The molecule has 11 nitrogen and oxygen atoms in total. The lowest BCUT2D eigenvalue weighted by molar-refractivity contribution is -0.118. The van der Waals surface area contributed by atoms with Crippen molar-refractivity contribution in [2.24, 2.45) is 10.2 Å². The van der Waals surface area contributed by atoms with Gasteiger partial charge in [-0.2, -0.15) is 5.11 Å². The highest BCUT2D eigenvalue weighted by Gasteiger charge is 2.24. The zero-order valence-corrected chi connectivity index (χ0v) is 33.2.